The lowest BCUT2D eigenvalue weighted by Crippen LogP contribution is -2.34. The van der Waals surface area contributed by atoms with Crippen LogP contribution in [0.4, 0.5) is 0 Å². The molecule has 0 aliphatic rings. The molecule has 0 radical (unpaired) electrons. The summed E-state index contributed by atoms with van der Waals surface area (Å²) in [4.78, 5) is 26.3. The number of rotatable bonds is 4. The molecule has 2 nitrogen and oxygen atoms in total. The van der Waals surface area contributed by atoms with E-state index in [1.54, 1.807) is 24.3 Å². The summed E-state index contributed by atoms with van der Waals surface area (Å²) in [6.45, 7) is 0. The molecule has 6 heteroatoms. The quantitative estimate of drug-likeness (QED) is 0.615. The van der Waals surface area contributed by atoms with Crippen LogP contribution >= 0.6 is 46.7 Å². The fourth-order valence-electron chi connectivity index (χ4n) is 1.78. The summed E-state index contributed by atoms with van der Waals surface area (Å²) in [6, 6.07) is 14.3. The molecule has 22 heavy (non-hydrogen) atoms. The molecule has 0 heterocycles. The summed E-state index contributed by atoms with van der Waals surface area (Å²) in [5.41, 5.74) is -0.868. The average Bonchev–Trinajstić information content (AvgIpc) is 2.54. The first-order valence-electron chi connectivity index (χ1n) is 6.25. The smallest absolute Gasteiger partial charge is 0.242 e. The molecule has 0 fully saturated rings. The van der Waals surface area contributed by atoms with Gasteiger partial charge in [0.05, 0.1) is 9.79 Å². The van der Waals surface area contributed by atoms with Crippen LogP contribution in [0.2, 0.25) is 10.0 Å². The second-order valence-corrected chi connectivity index (χ2v) is 7.47. The van der Waals surface area contributed by atoms with E-state index in [0.717, 1.165) is 9.79 Å². The maximum atomic E-state index is 11.8. The van der Waals surface area contributed by atoms with Crippen molar-refractivity contribution in [3.63, 3.8) is 0 Å². The Balaban J connectivity index is 1.85. The molecule has 0 aliphatic heterocycles. The van der Waals surface area contributed by atoms with Gasteiger partial charge in [0.15, 0.2) is 0 Å². The van der Waals surface area contributed by atoms with Gasteiger partial charge in [0.1, 0.15) is 0 Å². The molecular weight excluding hydrogens is 359 g/mol. The monoisotopic (exact) mass is 366 g/mol. The highest BCUT2D eigenvalue weighted by Crippen LogP contribution is 2.36. The molecule has 3 rings (SSSR count). The van der Waals surface area contributed by atoms with Gasteiger partial charge in [-0.25, -0.2) is 0 Å². The van der Waals surface area contributed by atoms with Crippen molar-refractivity contribution in [1.29, 1.82) is 0 Å². The Hall–Kier alpha value is -1.20. The van der Waals surface area contributed by atoms with E-state index < -0.39 is 10.9 Å². The van der Waals surface area contributed by atoms with Gasteiger partial charge in [-0.2, -0.15) is 0 Å². The minimum atomic E-state index is -0.434. The first kappa shape index (κ1) is 15.7. The Kier molecular flexibility index (Phi) is 4.64. The van der Waals surface area contributed by atoms with Gasteiger partial charge in [0.25, 0.3) is 0 Å². The summed E-state index contributed by atoms with van der Waals surface area (Å²) in [7, 11) is 0. The zero-order valence-corrected chi connectivity index (χ0v) is 14.2. The van der Waals surface area contributed by atoms with Crippen LogP contribution in [0, 0.1) is 0 Å². The van der Waals surface area contributed by atoms with Crippen LogP contribution in [-0.4, -0.2) is 0 Å². The van der Waals surface area contributed by atoms with Gasteiger partial charge in [0.2, 0.25) is 10.9 Å². The third-order valence-electron chi connectivity index (χ3n) is 2.89. The number of hydrogen-bond donors (Lipinski definition) is 0. The van der Waals surface area contributed by atoms with Gasteiger partial charge in [-0.1, -0.05) is 46.7 Å². The summed E-state index contributed by atoms with van der Waals surface area (Å²) in [5.74, 6) is 0. The summed E-state index contributed by atoms with van der Waals surface area (Å²) in [6.07, 6.45) is 0. The van der Waals surface area contributed by atoms with Crippen molar-refractivity contribution >= 4 is 46.7 Å². The van der Waals surface area contributed by atoms with Crippen molar-refractivity contribution < 1.29 is 0 Å². The summed E-state index contributed by atoms with van der Waals surface area (Å²) >= 11 is 14.2. The van der Waals surface area contributed by atoms with Crippen LogP contribution in [0.5, 0.6) is 0 Å². The van der Waals surface area contributed by atoms with Crippen LogP contribution in [-0.2, 0) is 0 Å². The minimum Gasteiger partial charge on any atom is -0.284 e. The van der Waals surface area contributed by atoms with Crippen molar-refractivity contribution in [3.8, 4) is 0 Å². The van der Waals surface area contributed by atoms with Crippen LogP contribution in [0.25, 0.3) is 0 Å². The molecule has 110 valence electrons. The summed E-state index contributed by atoms with van der Waals surface area (Å²) < 4.78 is 0. The highest BCUT2D eigenvalue weighted by atomic mass is 35.5. The molecule has 3 aromatic carbocycles. The van der Waals surface area contributed by atoms with E-state index in [9.17, 15) is 9.59 Å². The molecule has 0 saturated heterocycles. The highest BCUT2D eigenvalue weighted by Gasteiger charge is 2.22. The predicted octanol–water partition coefficient (Wildman–Crippen LogP) is 4.89. The van der Waals surface area contributed by atoms with E-state index in [-0.39, 0.29) is 0 Å². The third-order valence-corrected chi connectivity index (χ3v) is 5.73. The maximum Gasteiger partial charge on any atom is 0.242 e. The van der Waals surface area contributed by atoms with E-state index in [0.29, 0.717) is 19.8 Å². The Morgan fingerprint density at radius 1 is 0.591 bits per heavy atom. The van der Waals surface area contributed by atoms with E-state index in [2.05, 4.69) is 0 Å². The Morgan fingerprint density at radius 3 is 1.23 bits per heavy atom. The van der Waals surface area contributed by atoms with Crippen molar-refractivity contribution in [2.45, 2.75) is 19.6 Å². The maximum absolute atomic E-state index is 11.8. The number of benzene rings is 2. The fourth-order valence-corrected chi connectivity index (χ4v) is 4.04. The average molecular weight is 367 g/mol. The van der Waals surface area contributed by atoms with E-state index in [1.165, 1.54) is 23.5 Å². The van der Waals surface area contributed by atoms with E-state index in [1.807, 2.05) is 24.3 Å². The third kappa shape index (κ3) is 3.25. The largest absolute Gasteiger partial charge is 0.284 e. The normalized spacial score (nSPS) is 11.0. The first-order chi connectivity index (χ1) is 10.5. The second-order valence-electron chi connectivity index (χ2n) is 4.43. The molecule has 0 N–H and O–H groups in total. The predicted molar refractivity (Wildman–Crippen MR) is 92.5 cm³/mol. The fraction of sp³-hybridized carbons (Fsp3) is 0. The Labute approximate surface area is 145 Å². The van der Waals surface area contributed by atoms with Crippen LogP contribution in [0.3, 0.4) is 0 Å². The molecular formula is C16H8Cl2O2S2. The minimum absolute atomic E-state index is 0.434. The number of hydrogen-bond acceptors (Lipinski definition) is 4. The Morgan fingerprint density at radius 2 is 0.909 bits per heavy atom. The molecule has 0 saturated carbocycles. The molecule has 0 bridgehead atoms. The first-order valence-corrected chi connectivity index (χ1v) is 8.63. The molecule has 0 amide bonds. The van der Waals surface area contributed by atoms with Gasteiger partial charge < -0.3 is 0 Å². The van der Waals surface area contributed by atoms with Gasteiger partial charge in [-0.3, -0.25) is 9.59 Å². The van der Waals surface area contributed by atoms with Gasteiger partial charge in [-0.05, 0) is 48.5 Å². The van der Waals surface area contributed by atoms with Gasteiger partial charge in [0, 0.05) is 19.8 Å². The van der Waals surface area contributed by atoms with Gasteiger partial charge >= 0.3 is 0 Å². The van der Waals surface area contributed by atoms with Crippen LogP contribution < -0.4 is 10.9 Å². The van der Waals surface area contributed by atoms with Crippen molar-refractivity contribution in [1.82, 2.24) is 0 Å². The van der Waals surface area contributed by atoms with Crippen molar-refractivity contribution in [3.05, 3.63) is 79.0 Å². The van der Waals surface area contributed by atoms with Crippen LogP contribution in [0.1, 0.15) is 0 Å². The van der Waals surface area contributed by atoms with Gasteiger partial charge in [-0.15, -0.1) is 0 Å². The topological polar surface area (TPSA) is 34.1 Å². The standard InChI is InChI=1S/C16H8Cl2O2S2/c17-9-1-5-11(6-2-9)21-15-13(19)14(20)16(15)22-12-7-3-10(18)4-8-12/h1-8H. The lowest BCUT2D eigenvalue weighted by molar-refractivity contribution is 1.04. The lowest BCUT2D eigenvalue weighted by Gasteiger charge is -2.10. The Bertz CT molecular complexity index is 805. The molecule has 0 atom stereocenters. The molecule has 0 spiro atoms. The molecule has 0 unspecified atom stereocenters. The molecule has 3 aromatic rings. The molecule has 0 aliphatic carbocycles. The van der Waals surface area contributed by atoms with Crippen molar-refractivity contribution in [2.24, 2.45) is 0 Å². The zero-order chi connectivity index (χ0) is 15.7. The lowest BCUT2D eigenvalue weighted by atomic mass is 10.3. The SMILES string of the molecule is O=c1c(Sc2ccc(Cl)cc2)c(Sc2ccc(Cl)cc2)c1=O. The molecule has 0 aromatic heterocycles. The van der Waals surface area contributed by atoms with E-state index >= 15 is 0 Å². The van der Waals surface area contributed by atoms with Crippen LogP contribution in [0.15, 0.2) is 77.7 Å². The van der Waals surface area contributed by atoms with Crippen molar-refractivity contribution in [2.75, 3.05) is 0 Å². The number of halogens is 2. The zero-order valence-electron chi connectivity index (χ0n) is 11.0. The van der Waals surface area contributed by atoms with E-state index in [4.69, 9.17) is 23.2 Å². The second kappa shape index (κ2) is 6.50. The highest BCUT2D eigenvalue weighted by molar-refractivity contribution is 8.02. The summed E-state index contributed by atoms with van der Waals surface area (Å²) in [5, 5.41) is 1.26.